The van der Waals surface area contributed by atoms with Gasteiger partial charge in [0.05, 0.1) is 6.61 Å². The molecule has 0 aromatic carbocycles. The molecular weight excluding hydrogens is 192 g/mol. The summed E-state index contributed by atoms with van der Waals surface area (Å²) in [5.41, 5.74) is 1.15. The smallest absolute Gasteiger partial charge is 0.348 e. The molecule has 1 aliphatic heterocycles. The van der Waals surface area contributed by atoms with Gasteiger partial charge >= 0.3 is 5.97 Å². The Morgan fingerprint density at radius 3 is 2.60 bits per heavy atom. The summed E-state index contributed by atoms with van der Waals surface area (Å²) in [5, 5.41) is 8.92. The lowest BCUT2D eigenvalue weighted by Gasteiger charge is -2.24. The van der Waals surface area contributed by atoms with Crippen molar-refractivity contribution in [1.29, 1.82) is 5.26 Å². The van der Waals surface area contributed by atoms with Crippen LogP contribution in [-0.2, 0) is 9.53 Å². The highest BCUT2D eigenvalue weighted by molar-refractivity contribution is 5.93. The van der Waals surface area contributed by atoms with Crippen molar-refractivity contribution < 1.29 is 9.53 Å². The first-order chi connectivity index (χ1) is 7.19. The van der Waals surface area contributed by atoms with E-state index in [0.717, 1.165) is 31.5 Å². The van der Waals surface area contributed by atoms with Crippen molar-refractivity contribution in [3.63, 3.8) is 0 Å². The Labute approximate surface area is 90.1 Å². The number of likely N-dealkylation sites (tertiary alicyclic amines) is 1. The van der Waals surface area contributed by atoms with Crippen LogP contribution in [0.4, 0.5) is 0 Å². The molecule has 0 aliphatic carbocycles. The van der Waals surface area contributed by atoms with Crippen LogP contribution in [0.2, 0.25) is 0 Å². The van der Waals surface area contributed by atoms with E-state index in [0.29, 0.717) is 6.61 Å². The predicted octanol–water partition coefficient (Wildman–Crippen LogP) is 1.10. The Morgan fingerprint density at radius 1 is 1.53 bits per heavy atom. The molecule has 0 aromatic heterocycles. The minimum atomic E-state index is -0.473. The molecule has 0 spiro atoms. The standard InChI is InChI=1S/C11H16N2O2/c1-3-15-11(14)10(8-12)9-4-6-13(2)7-5-9/h3-7H2,1-2H3. The SMILES string of the molecule is CCOC(=O)C(C#N)=C1CCN(C)CC1. The van der Waals surface area contributed by atoms with E-state index in [1.54, 1.807) is 6.92 Å². The number of carbonyl (C=O) groups is 1. The Balaban J connectivity index is 2.76. The summed E-state index contributed by atoms with van der Waals surface area (Å²) in [7, 11) is 2.03. The lowest BCUT2D eigenvalue weighted by molar-refractivity contribution is -0.138. The topological polar surface area (TPSA) is 53.3 Å². The Morgan fingerprint density at radius 2 is 2.13 bits per heavy atom. The number of nitrogens with zero attached hydrogens (tertiary/aromatic N) is 2. The molecule has 15 heavy (non-hydrogen) atoms. The predicted molar refractivity (Wildman–Crippen MR) is 56.0 cm³/mol. The average Bonchev–Trinajstić information content (AvgIpc) is 2.22. The second-order valence-corrected chi connectivity index (χ2v) is 3.61. The molecule has 4 heteroatoms. The molecule has 0 saturated carbocycles. The maximum atomic E-state index is 11.4. The Bertz CT molecular complexity index is 305. The summed E-state index contributed by atoms with van der Waals surface area (Å²) in [6, 6.07) is 1.96. The van der Waals surface area contributed by atoms with E-state index in [4.69, 9.17) is 10.00 Å². The second kappa shape index (κ2) is 5.52. The fourth-order valence-electron chi connectivity index (χ4n) is 1.61. The molecule has 1 aliphatic rings. The summed E-state index contributed by atoms with van der Waals surface area (Å²) in [4.78, 5) is 13.6. The third kappa shape index (κ3) is 3.07. The first-order valence-electron chi connectivity index (χ1n) is 5.16. The van der Waals surface area contributed by atoms with E-state index in [1.165, 1.54) is 0 Å². The van der Waals surface area contributed by atoms with Crippen LogP contribution in [-0.4, -0.2) is 37.6 Å². The lowest BCUT2D eigenvalue weighted by Crippen LogP contribution is -2.27. The summed E-state index contributed by atoms with van der Waals surface area (Å²) >= 11 is 0. The highest BCUT2D eigenvalue weighted by Crippen LogP contribution is 2.19. The summed E-state index contributed by atoms with van der Waals surface area (Å²) in [6.07, 6.45) is 1.58. The van der Waals surface area contributed by atoms with Crippen LogP contribution in [0, 0.1) is 11.3 Å². The van der Waals surface area contributed by atoms with Crippen LogP contribution in [0.15, 0.2) is 11.1 Å². The van der Waals surface area contributed by atoms with Crippen LogP contribution >= 0.6 is 0 Å². The quantitative estimate of drug-likeness (QED) is 0.387. The van der Waals surface area contributed by atoms with Crippen molar-refractivity contribution in [2.24, 2.45) is 0 Å². The Kier molecular flexibility index (Phi) is 4.32. The Hall–Kier alpha value is -1.34. The average molecular weight is 208 g/mol. The summed E-state index contributed by atoms with van der Waals surface area (Å²) in [6.45, 7) is 3.86. The van der Waals surface area contributed by atoms with Crippen LogP contribution in [0.1, 0.15) is 19.8 Å². The van der Waals surface area contributed by atoms with Crippen LogP contribution in [0.3, 0.4) is 0 Å². The molecule has 82 valence electrons. The van der Waals surface area contributed by atoms with Gasteiger partial charge in [-0.3, -0.25) is 0 Å². The van der Waals surface area contributed by atoms with Crippen LogP contribution < -0.4 is 0 Å². The van der Waals surface area contributed by atoms with Crippen molar-refractivity contribution in [3.8, 4) is 6.07 Å². The van der Waals surface area contributed by atoms with E-state index < -0.39 is 5.97 Å². The first kappa shape index (κ1) is 11.7. The first-order valence-corrected chi connectivity index (χ1v) is 5.16. The van der Waals surface area contributed by atoms with Crippen molar-refractivity contribution in [3.05, 3.63) is 11.1 Å². The second-order valence-electron chi connectivity index (χ2n) is 3.61. The van der Waals surface area contributed by atoms with Gasteiger partial charge in [-0.15, -0.1) is 0 Å². The molecule has 0 radical (unpaired) electrons. The number of esters is 1. The van der Waals surface area contributed by atoms with Gasteiger partial charge in [-0.05, 0) is 32.4 Å². The molecule has 0 aromatic rings. The molecule has 1 fully saturated rings. The molecule has 0 atom stereocenters. The fourth-order valence-corrected chi connectivity index (χ4v) is 1.61. The van der Waals surface area contributed by atoms with Crippen LogP contribution in [0.25, 0.3) is 0 Å². The van der Waals surface area contributed by atoms with Crippen molar-refractivity contribution in [2.45, 2.75) is 19.8 Å². The van der Waals surface area contributed by atoms with E-state index in [-0.39, 0.29) is 5.57 Å². The van der Waals surface area contributed by atoms with Gasteiger partial charge in [-0.2, -0.15) is 5.26 Å². The van der Waals surface area contributed by atoms with Crippen LogP contribution in [0.5, 0.6) is 0 Å². The van der Waals surface area contributed by atoms with E-state index in [2.05, 4.69) is 4.90 Å². The minimum absolute atomic E-state index is 0.213. The minimum Gasteiger partial charge on any atom is -0.462 e. The number of ether oxygens (including phenoxy) is 1. The molecule has 0 bridgehead atoms. The molecule has 0 N–H and O–H groups in total. The number of hydrogen-bond donors (Lipinski definition) is 0. The third-order valence-electron chi connectivity index (χ3n) is 2.54. The van der Waals surface area contributed by atoms with Gasteiger partial charge in [0, 0.05) is 13.1 Å². The third-order valence-corrected chi connectivity index (χ3v) is 2.54. The molecule has 4 nitrogen and oxygen atoms in total. The normalized spacial score (nSPS) is 17.0. The maximum absolute atomic E-state index is 11.4. The zero-order valence-corrected chi connectivity index (χ0v) is 9.25. The maximum Gasteiger partial charge on any atom is 0.348 e. The van der Waals surface area contributed by atoms with Gasteiger partial charge in [0.2, 0.25) is 0 Å². The van der Waals surface area contributed by atoms with Gasteiger partial charge < -0.3 is 9.64 Å². The number of rotatable bonds is 2. The molecule has 0 amide bonds. The fraction of sp³-hybridized carbons (Fsp3) is 0.636. The lowest BCUT2D eigenvalue weighted by atomic mass is 9.99. The number of piperidine rings is 1. The van der Waals surface area contributed by atoms with Gasteiger partial charge in [-0.25, -0.2) is 4.79 Å². The molecule has 1 heterocycles. The van der Waals surface area contributed by atoms with Gasteiger partial charge in [0.25, 0.3) is 0 Å². The van der Waals surface area contributed by atoms with E-state index in [9.17, 15) is 4.79 Å². The van der Waals surface area contributed by atoms with Gasteiger partial charge in [-0.1, -0.05) is 0 Å². The zero-order valence-electron chi connectivity index (χ0n) is 9.25. The molecule has 1 rings (SSSR count). The number of hydrogen-bond acceptors (Lipinski definition) is 4. The summed E-state index contributed by atoms with van der Waals surface area (Å²) in [5.74, 6) is -0.473. The van der Waals surface area contributed by atoms with E-state index in [1.807, 2.05) is 13.1 Å². The van der Waals surface area contributed by atoms with Gasteiger partial charge in [0.15, 0.2) is 0 Å². The van der Waals surface area contributed by atoms with Gasteiger partial charge in [0.1, 0.15) is 11.6 Å². The highest BCUT2D eigenvalue weighted by atomic mass is 16.5. The summed E-state index contributed by atoms with van der Waals surface area (Å²) < 4.78 is 4.84. The molecule has 1 saturated heterocycles. The van der Waals surface area contributed by atoms with Crippen molar-refractivity contribution >= 4 is 5.97 Å². The number of nitriles is 1. The zero-order chi connectivity index (χ0) is 11.3. The van der Waals surface area contributed by atoms with Crippen molar-refractivity contribution in [1.82, 2.24) is 4.90 Å². The van der Waals surface area contributed by atoms with E-state index >= 15 is 0 Å². The molecule has 0 unspecified atom stereocenters. The largest absolute Gasteiger partial charge is 0.462 e. The molecular formula is C11H16N2O2. The monoisotopic (exact) mass is 208 g/mol. The number of carbonyl (C=O) groups excluding carboxylic acids is 1. The highest BCUT2D eigenvalue weighted by Gasteiger charge is 2.19. The van der Waals surface area contributed by atoms with Crippen molar-refractivity contribution in [2.75, 3.05) is 26.7 Å².